The van der Waals surface area contributed by atoms with E-state index in [1.165, 1.54) is 13.2 Å². The molecule has 9 nitrogen and oxygen atoms in total. The van der Waals surface area contributed by atoms with Crippen LogP contribution in [0.5, 0.6) is 11.5 Å². The summed E-state index contributed by atoms with van der Waals surface area (Å²) in [7, 11) is 1.33. The lowest BCUT2D eigenvalue weighted by molar-refractivity contribution is -0.385. The van der Waals surface area contributed by atoms with Gasteiger partial charge >= 0.3 is 5.69 Å². The Labute approximate surface area is 154 Å². The van der Waals surface area contributed by atoms with Crippen LogP contribution >= 0.6 is 0 Å². The molecule has 3 aliphatic carbocycles. The van der Waals surface area contributed by atoms with Gasteiger partial charge in [0.1, 0.15) is 5.75 Å². The van der Waals surface area contributed by atoms with E-state index in [0.717, 1.165) is 30.1 Å². The van der Waals surface area contributed by atoms with Crippen LogP contribution in [-0.4, -0.2) is 40.2 Å². The van der Waals surface area contributed by atoms with Gasteiger partial charge in [-0.2, -0.15) is 10.1 Å². The third-order valence-corrected chi connectivity index (χ3v) is 5.57. The van der Waals surface area contributed by atoms with Gasteiger partial charge in [-0.15, -0.1) is 0 Å². The molecule has 1 saturated carbocycles. The van der Waals surface area contributed by atoms with E-state index >= 15 is 0 Å². The number of allylic oxidation sites excluding steroid dienone is 2. The molecule has 2 amide bonds. The number of nitro benzene ring substituents is 1. The van der Waals surface area contributed by atoms with Crippen molar-refractivity contribution in [2.45, 2.75) is 12.8 Å². The lowest BCUT2D eigenvalue weighted by Crippen LogP contribution is -2.38. The minimum Gasteiger partial charge on any atom is -0.502 e. The second-order valence-corrected chi connectivity index (χ2v) is 6.92. The number of amides is 2. The van der Waals surface area contributed by atoms with E-state index < -0.39 is 28.2 Å². The zero-order chi connectivity index (χ0) is 19.3. The van der Waals surface area contributed by atoms with Crippen molar-refractivity contribution in [1.82, 2.24) is 5.01 Å². The Morgan fingerprint density at radius 1 is 1.22 bits per heavy atom. The fourth-order valence-electron chi connectivity index (χ4n) is 4.26. The zero-order valence-corrected chi connectivity index (χ0v) is 14.4. The zero-order valence-electron chi connectivity index (χ0n) is 14.4. The number of carbonyl (C=O) groups excluding carboxylic acids is 2. The fraction of sp³-hybridized carbons (Fsp3) is 0.389. The van der Waals surface area contributed by atoms with Crippen molar-refractivity contribution in [2.75, 3.05) is 7.11 Å². The molecule has 27 heavy (non-hydrogen) atoms. The lowest BCUT2D eigenvalue weighted by atomic mass is 9.63. The fourth-order valence-corrected chi connectivity index (χ4v) is 4.26. The maximum atomic E-state index is 12.7. The monoisotopic (exact) mass is 371 g/mol. The van der Waals surface area contributed by atoms with Crippen molar-refractivity contribution < 1.29 is 24.4 Å². The number of aromatic hydroxyl groups is 1. The number of hydrazone groups is 1. The number of hydrogen-bond acceptors (Lipinski definition) is 7. The average Bonchev–Trinajstić information content (AvgIpc) is 2.94. The summed E-state index contributed by atoms with van der Waals surface area (Å²) in [4.78, 5) is 35.7. The van der Waals surface area contributed by atoms with Gasteiger partial charge in [0.15, 0.2) is 0 Å². The molecule has 9 heteroatoms. The summed E-state index contributed by atoms with van der Waals surface area (Å²) in [5.41, 5.74) is -0.566. The van der Waals surface area contributed by atoms with Crippen LogP contribution < -0.4 is 4.74 Å². The molecule has 140 valence electrons. The van der Waals surface area contributed by atoms with Gasteiger partial charge in [-0.25, -0.2) is 0 Å². The molecule has 1 heterocycles. The maximum absolute atomic E-state index is 12.7. The first-order valence-corrected chi connectivity index (χ1v) is 8.58. The molecule has 1 N–H and O–H groups in total. The third-order valence-electron chi connectivity index (χ3n) is 5.57. The highest BCUT2D eigenvalue weighted by Crippen LogP contribution is 2.49. The predicted molar refractivity (Wildman–Crippen MR) is 93.1 cm³/mol. The summed E-state index contributed by atoms with van der Waals surface area (Å²) in [5, 5.41) is 26.0. The van der Waals surface area contributed by atoms with Crippen LogP contribution in [0.4, 0.5) is 5.69 Å². The van der Waals surface area contributed by atoms with Crippen molar-refractivity contribution in [3.63, 3.8) is 0 Å². The van der Waals surface area contributed by atoms with Crippen LogP contribution in [0.2, 0.25) is 0 Å². The van der Waals surface area contributed by atoms with E-state index in [2.05, 4.69) is 5.10 Å². The molecule has 2 fully saturated rings. The number of nitrogens with zero attached hydrogens (tertiary/aromatic N) is 3. The molecule has 2 bridgehead atoms. The Bertz CT molecular complexity index is 877. The molecule has 4 aliphatic rings. The Kier molecular flexibility index (Phi) is 3.94. The standard InChI is InChI=1S/C18H17N3O6/c1-27-12-6-11(16(22)13(7-12)21(25)26)8-19-20-17(23)14-9-2-3-10(5-4-9)15(14)18(20)24/h2-3,6-10,14-15,22H,4-5H2,1H3/b19-8-/t9-,10-,14-,15+/m0/s1. The highest BCUT2D eigenvalue weighted by atomic mass is 16.6. The molecular weight excluding hydrogens is 354 g/mol. The van der Waals surface area contributed by atoms with E-state index in [9.17, 15) is 24.8 Å². The third kappa shape index (κ3) is 2.57. The number of imide groups is 1. The first kappa shape index (κ1) is 17.2. The number of carbonyl (C=O) groups is 2. The van der Waals surface area contributed by atoms with Crippen molar-refractivity contribution in [3.05, 3.63) is 40.0 Å². The molecule has 0 unspecified atom stereocenters. The Morgan fingerprint density at radius 2 is 1.81 bits per heavy atom. The van der Waals surface area contributed by atoms with E-state index in [4.69, 9.17) is 4.74 Å². The number of phenolic OH excluding ortho intramolecular Hbond substituents is 1. The second-order valence-electron chi connectivity index (χ2n) is 6.92. The second kappa shape index (κ2) is 6.19. The number of hydrogen-bond donors (Lipinski definition) is 1. The van der Waals surface area contributed by atoms with Gasteiger partial charge in [-0.3, -0.25) is 19.7 Å². The molecule has 1 aliphatic heterocycles. The number of benzene rings is 1. The summed E-state index contributed by atoms with van der Waals surface area (Å²) in [6, 6.07) is 2.42. The van der Waals surface area contributed by atoms with Crippen molar-refractivity contribution in [3.8, 4) is 11.5 Å². The molecule has 1 saturated heterocycles. The van der Waals surface area contributed by atoms with Crippen LogP contribution in [0.3, 0.4) is 0 Å². The number of nitro groups is 1. The minimum absolute atomic E-state index is 0.0161. The number of ether oxygens (including phenoxy) is 1. The number of fused-ring (bicyclic) bond motifs is 1. The predicted octanol–water partition coefficient (Wildman–Crippen LogP) is 1.84. The van der Waals surface area contributed by atoms with Crippen molar-refractivity contribution in [1.29, 1.82) is 0 Å². The Hall–Kier alpha value is -3.23. The van der Waals surface area contributed by atoms with Crippen molar-refractivity contribution >= 4 is 23.7 Å². The summed E-state index contributed by atoms with van der Waals surface area (Å²) < 4.78 is 5.00. The summed E-state index contributed by atoms with van der Waals surface area (Å²) in [5.74, 6) is -1.89. The Balaban J connectivity index is 1.66. The van der Waals surface area contributed by atoms with Crippen LogP contribution in [0.1, 0.15) is 18.4 Å². The van der Waals surface area contributed by atoms with E-state index in [-0.39, 0.29) is 35.0 Å². The first-order chi connectivity index (χ1) is 12.9. The summed E-state index contributed by atoms with van der Waals surface area (Å²) >= 11 is 0. The largest absolute Gasteiger partial charge is 0.502 e. The maximum Gasteiger partial charge on any atom is 0.315 e. The number of rotatable bonds is 4. The molecule has 5 rings (SSSR count). The highest BCUT2D eigenvalue weighted by molar-refractivity contribution is 6.06. The van der Waals surface area contributed by atoms with E-state index in [1.54, 1.807) is 0 Å². The van der Waals surface area contributed by atoms with Crippen molar-refractivity contribution in [2.24, 2.45) is 28.8 Å². The van der Waals surface area contributed by atoms with E-state index in [0.29, 0.717) is 0 Å². The van der Waals surface area contributed by atoms with Crippen LogP contribution in [-0.2, 0) is 9.59 Å². The van der Waals surface area contributed by atoms with Gasteiger partial charge in [0.2, 0.25) is 5.75 Å². The number of phenols is 1. The summed E-state index contributed by atoms with van der Waals surface area (Å²) in [6.07, 6.45) is 6.84. The first-order valence-electron chi connectivity index (χ1n) is 8.58. The van der Waals surface area contributed by atoms with Crippen LogP contribution in [0.25, 0.3) is 0 Å². The lowest BCUT2D eigenvalue weighted by Gasteiger charge is -2.37. The molecule has 0 aromatic heterocycles. The van der Waals surface area contributed by atoms with Gasteiger partial charge in [-0.05, 0) is 30.7 Å². The minimum atomic E-state index is -0.751. The molecule has 4 atom stereocenters. The molecule has 1 aromatic rings. The normalized spacial score (nSPS) is 28.9. The average molecular weight is 371 g/mol. The van der Waals surface area contributed by atoms with Gasteiger partial charge in [0, 0.05) is 5.56 Å². The van der Waals surface area contributed by atoms with Crippen LogP contribution in [0, 0.1) is 33.8 Å². The smallest absolute Gasteiger partial charge is 0.315 e. The number of methoxy groups -OCH3 is 1. The van der Waals surface area contributed by atoms with Crippen LogP contribution in [0.15, 0.2) is 29.4 Å². The van der Waals surface area contributed by atoms with Gasteiger partial charge in [0.25, 0.3) is 11.8 Å². The molecule has 0 spiro atoms. The molecule has 0 radical (unpaired) electrons. The topological polar surface area (TPSA) is 122 Å². The quantitative estimate of drug-likeness (QED) is 0.283. The summed E-state index contributed by atoms with van der Waals surface area (Å²) in [6.45, 7) is 0. The van der Waals surface area contributed by atoms with Gasteiger partial charge < -0.3 is 9.84 Å². The highest BCUT2D eigenvalue weighted by Gasteiger charge is 2.56. The Morgan fingerprint density at radius 3 is 2.30 bits per heavy atom. The van der Waals surface area contributed by atoms with E-state index in [1.807, 2.05) is 12.2 Å². The SMILES string of the molecule is COc1cc(/C=N\N2C(=O)[C@@H]3[C@H](C2=O)[C@H]2C=C[C@H]3CC2)c(O)c([N+](=O)[O-])c1. The van der Waals surface area contributed by atoms with Gasteiger partial charge in [0.05, 0.1) is 36.1 Å². The van der Waals surface area contributed by atoms with Gasteiger partial charge in [-0.1, -0.05) is 12.2 Å². The molecular formula is C18H17N3O6. The molecule has 1 aromatic carbocycles.